The van der Waals surface area contributed by atoms with Crippen molar-refractivity contribution in [1.82, 2.24) is 4.90 Å². The number of aryl methyl sites for hydroxylation is 1. The van der Waals surface area contributed by atoms with E-state index in [1.165, 1.54) is 6.92 Å². The van der Waals surface area contributed by atoms with Crippen molar-refractivity contribution in [2.24, 2.45) is 5.92 Å². The van der Waals surface area contributed by atoms with Crippen LogP contribution in [-0.4, -0.2) is 35.0 Å². The smallest absolute Gasteiger partial charge is 0.308 e. The van der Waals surface area contributed by atoms with E-state index in [2.05, 4.69) is 0 Å². The maximum absolute atomic E-state index is 11.4. The summed E-state index contributed by atoms with van der Waals surface area (Å²) in [6.45, 7) is 4.05. The highest BCUT2D eigenvalue weighted by molar-refractivity contribution is 6.31. The summed E-state index contributed by atoms with van der Waals surface area (Å²) in [7, 11) is 0. The van der Waals surface area contributed by atoms with Crippen LogP contribution in [0.2, 0.25) is 5.02 Å². The molecule has 1 aromatic rings. The summed E-state index contributed by atoms with van der Waals surface area (Å²) in [5.74, 6) is -1.82. The Morgan fingerprint density at radius 2 is 2.05 bits per heavy atom. The summed E-state index contributed by atoms with van der Waals surface area (Å²) in [4.78, 5) is 24.3. The zero-order chi connectivity index (χ0) is 14.2. The zero-order valence-electron chi connectivity index (χ0n) is 10.9. The van der Waals surface area contributed by atoms with E-state index in [1.807, 2.05) is 25.1 Å². The van der Waals surface area contributed by atoms with E-state index in [1.54, 1.807) is 4.90 Å². The molecular weight excluding hydrogens is 266 g/mol. The highest BCUT2D eigenvalue weighted by atomic mass is 35.5. The lowest BCUT2D eigenvalue weighted by Gasteiger charge is -2.17. The first kappa shape index (κ1) is 13.9. The molecule has 0 unspecified atom stereocenters. The molecule has 19 heavy (non-hydrogen) atoms. The van der Waals surface area contributed by atoms with Crippen LogP contribution in [0.15, 0.2) is 18.2 Å². The number of hydrogen-bond acceptors (Lipinski definition) is 2. The molecule has 5 heteroatoms. The predicted octanol–water partition coefficient (Wildman–Crippen LogP) is 2.29. The number of rotatable bonds is 2. The van der Waals surface area contributed by atoms with Gasteiger partial charge in [0.15, 0.2) is 0 Å². The normalized spacial score (nSPS) is 22.6. The number of halogens is 1. The first-order valence-electron chi connectivity index (χ1n) is 6.14. The van der Waals surface area contributed by atoms with Crippen LogP contribution >= 0.6 is 11.6 Å². The minimum Gasteiger partial charge on any atom is -0.481 e. The third-order valence-electron chi connectivity index (χ3n) is 3.64. The minimum atomic E-state index is -0.884. The predicted molar refractivity (Wildman–Crippen MR) is 72.3 cm³/mol. The Balaban J connectivity index is 2.35. The first-order valence-corrected chi connectivity index (χ1v) is 6.52. The van der Waals surface area contributed by atoms with Crippen LogP contribution < -0.4 is 0 Å². The van der Waals surface area contributed by atoms with Crippen molar-refractivity contribution < 1.29 is 14.7 Å². The number of hydrogen-bond donors (Lipinski definition) is 1. The van der Waals surface area contributed by atoms with E-state index in [9.17, 15) is 14.7 Å². The van der Waals surface area contributed by atoms with Gasteiger partial charge < -0.3 is 10.0 Å². The number of aliphatic carboxylic acids is 1. The van der Waals surface area contributed by atoms with Crippen LogP contribution in [-0.2, 0) is 9.59 Å². The lowest BCUT2D eigenvalue weighted by atomic mass is 9.88. The molecule has 102 valence electrons. The average Bonchev–Trinajstić information content (AvgIpc) is 2.73. The second kappa shape index (κ2) is 5.21. The number of benzene rings is 1. The van der Waals surface area contributed by atoms with Gasteiger partial charge in [0.2, 0.25) is 5.91 Å². The Morgan fingerprint density at radius 1 is 1.37 bits per heavy atom. The summed E-state index contributed by atoms with van der Waals surface area (Å²) in [5.41, 5.74) is 1.84. The second-order valence-electron chi connectivity index (χ2n) is 5.00. The van der Waals surface area contributed by atoms with Gasteiger partial charge in [-0.15, -0.1) is 0 Å². The van der Waals surface area contributed by atoms with E-state index in [-0.39, 0.29) is 18.4 Å². The Morgan fingerprint density at radius 3 is 2.58 bits per heavy atom. The first-order chi connectivity index (χ1) is 8.90. The number of nitrogens with zero attached hydrogens (tertiary/aromatic N) is 1. The van der Waals surface area contributed by atoms with Crippen molar-refractivity contribution in [2.45, 2.75) is 19.8 Å². The number of carboxylic acids is 1. The Hall–Kier alpha value is -1.55. The summed E-state index contributed by atoms with van der Waals surface area (Å²) in [6.07, 6.45) is 0. The van der Waals surface area contributed by atoms with Gasteiger partial charge in [0.25, 0.3) is 0 Å². The molecule has 1 aromatic carbocycles. The summed E-state index contributed by atoms with van der Waals surface area (Å²) in [6, 6.07) is 5.60. The van der Waals surface area contributed by atoms with E-state index < -0.39 is 11.9 Å². The van der Waals surface area contributed by atoms with Gasteiger partial charge in [-0.05, 0) is 24.1 Å². The molecule has 1 aliphatic rings. The summed E-state index contributed by atoms with van der Waals surface area (Å²) < 4.78 is 0. The van der Waals surface area contributed by atoms with Gasteiger partial charge in [-0.3, -0.25) is 9.59 Å². The van der Waals surface area contributed by atoms with Gasteiger partial charge in [-0.2, -0.15) is 0 Å². The number of carbonyl (C=O) groups excluding carboxylic acids is 1. The van der Waals surface area contributed by atoms with Gasteiger partial charge in [-0.1, -0.05) is 23.7 Å². The molecule has 0 aromatic heterocycles. The Kier molecular flexibility index (Phi) is 3.80. The molecule has 2 atom stereocenters. The lowest BCUT2D eigenvalue weighted by molar-refractivity contribution is -0.141. The summed E-state index contributed by atoms with van der Waals surface area (Å²) >= 11 is 6.21. The van der Waals surface area contributed by atoms with Crippen LogP contribution in [0.5, 0.6) is 0 Å². The lowest BCUT2D eigenvalue weighted by Crippen LogP contribution is -2.27. The molecule has 1 N–H and O–H groups in total. The minimum absolute atomic E-state index is 0.100. The van der Waals surface area contributed by atoms with E-state index in [4.69, 9.17) is 11.6 Å². The molecule has 0 aliphatic carbocycles. The summed E-state index contributed by atoms with van der Waals surface area (Å²) in [5, 5.41) is 9.88. The quantitative estimate of drug-likeness (QED) is 0.905. The fourth-order valence-electron chi connectivity index (χ4n) is 2.56. The van der Waals surface area contributed by atoms with Gasteiger partial charge >= 0.3 is 5.97 Å². The Labute approximate surface area is 117 Å². The molecule has 0 spiro atoms. The highest BCUT2D eigenvalue weighted by Gasteiger charge is 2.40. The van der Waals surface area contributed by atoms with Gasteiger partial charge in [-0.25, -0.2) is 0 Å². The molecule has 1 fully saturated rings. The van der Waals surface area contributed by atoms with Gasteiger partial charge in [0, 0.05) is 31.0 Å². The fourth-order valence-corrected chi connectivity index (χ4v) is 2.93. The average molecular weight is 282 g/mol. The van der Waals surface area contributed by atoms with Crippen LogP contribution in [0.25, 0.3) is 0 Å². The van der Waals surface area contributed by atoms with Crippen LogP contribution in [0, 0.1) is 12.8 Å². The maximum atomic E-state index is 11.4. The molecule has 0 bridgehead atoms. The molecule has 1 aliphatic heterocycles. The standard InChI is InChI=1S/C14H16ClNO3/c1-8-3-4-10(13(15)5-8)11-6-16(9(2)17)7-12(11)14(18)19/h3-5,11-12H,6-7H2,1-2H3,(H,18,19)/t11-,12+/m1/s1. The number of amides is 1. The van der Waals surface area contributed by atoms with Crippen molar-refractivity contribution in [2.75, 3.05) is 13.1 Å². The molecule has 2 rings (SSSR count). The fraction of sp³-hybridized carbons (Fsp3) is 0.429. The molecule has 1 heterocycles. The molecular formula is C14H16ClNO3. The van der Waals surface area contributed by atoms with E-state index in [0.717, 1.165) is 11.1 Å². The zero-order valence-corrected chi connectivity index (χ0v) is 11.6. The Bertz CT molecular complexity index is 529. The number of carboxylic acid groups (broad SMARTS) is 1. The molecule has 1 amide bonds. The number of carbonyl (C=O) groups is 2. The molecule has 1 saturated heterocycles. The van der Waals surface area contributed by atoms with Crippen molar-refractivity contribution >= 4 is 23.5 Å². The largest absolute Gasteiger partial charge is 0.481 e. The van der Waals surface area contributed by atoms with Crippen molar-refractivity contribution in [1.29, 1.82) is 0 Å². The monoisotopic (exact) mass is 281 g/mol. The molecule has 0 saturated carbocycles. The molecule has 4 nitrogen and oxygen atoms in total. The third-order valence-corrected chi connectivity index (χ3v) is 3.97. The number of likely N-dealkylation sites (tertiary alicyclic amines) is 1. The van der Waals surface area contributed by atoms with Crippen LogP contribution in [0.3, 0.4) is 0 Å². The SMILES string of the molecule is CC(=O)N1C[C@H](C(=O)O)[C@@H](c2ccc(C)cc2Cl)C1. The van der Waals surface area contributed by atoms with Crippen molar-refractivity contribution in [3.8, 4) is 0 Å². The second-order valence-corrected chi connectivity index (χ2v) is 5.41. The van der Waals surface area contributed by atoms with Crippen molar-refractivity contribution in [3.63, 3.8) is 0 Å². The topological polar surface area (TPSA) is 57.6 Å². The van der Waals surface area contributed by atoms with Gasteiger partial charge in [0.1, 0.15) is 0 Å². The van der Waals surface area contributed by atoms with Crippen molar-refractivity contribution in [3.05, 3.63) is 34.3 Å². The molecule has 0 radical (unpaired) electrons. The van der Waals surface area contributed by atoms with E-state index in [0.29, 0.717) is 11.6 Å². The van der Waals surface area contributed by atoms with E-state index >= 15 is 0 Å². The maximum Gasteiger partial charge on any atom is 0.308 e. The van der Waals surface area contributed by atoms with Gasteiger partial charge in [0.05, 0.1) is 5.92 Å². The highest BCUT2D eigenvalue weighted by Crippen LogP contribution is 2.36. The third kappa shape index (κ3) is 2.73. The van der Waals surface area contributed by atoms with Crippen LogP contribution in [0.4, 0.5) is 0 Å². The van der Waals surface area contributed by atoms with Crippen LogP contribution in [0.1, 0.15) is 24.0 Å².